The molecule has 114 valence electrons. The summed E-state index contributed by atoms with van der Waals surface area (Å²) in [6.07, 6.45) is 9.36. The first-order valence-corrected chi connectivity index (χ1v) is 7.50. The first-order chi connectivity index (χ1) is 11.3. The van der Waals surface area contributed by atoms with Gasteiger partial charge in [0.2, 0.25) is 6.54 Å². The standard InChI is InChI=1S/C17H16N6/c1-19-8-4-14(3-2-7-18)23-12-13(11-22-23)15-5-9-20-17-16(15)6-10-21-17/h5-6,9-12,14H,2-4,8H2,(H,20,21). The highest BCUT2D eigenvalue weighted by Gasteiger charge is 2.15. The number of nitrogens with one attached hydrogen (secondary N) is 1. The number of rotatable bonds is 6. The fourth-order valence-electron chi connectivity index (χ4n) is 2.74. The molecule has 0 saturated heterocycles. The molecule has 0 saturated carbocycles. The van der Waals surface area contributed by atoms with Gasteiger partial charge in [0.1, 0.15) is 5.65 Å². The first kappa shape index (κ1) is 14.8. The third kappa shape index (κ3) is 3.07. The average Bonchev–Trinajstić information content (AvgIpc) is 3.24. The van der Waals surface area contributed by atoms with Crippen LogP contribution in [-0.4, -0.2) is 26.3 Å². The van der Waals surface area contributed by atoms with Crippen LogP contribution >= 0.6 is 0 Å². The van der Waals surface area contributed by atoms with Crippen molar-refractivity contribution in [2.24, 2.45) is 0 Å². The van der Waals surface area contributed by atoms with Gasteiger partial charge in [-0.25, -0.2) is 11.6 Å². The Morgan fingerprint density at radius 1 is 1.39 bits per heavy atom. The van der Waals surface area contributed by atoms with E-state index in [0.717, 1.165) is 22.2 Å². The minimum atomic E-state index is 0.0843. The summed E-state index contributed by atoms with van der Waals surface area (Å²) >= 11 is 0. The Labute approximate surface area is 134 Å². The van der Waals surface area contributed by atoms with Crippen molar-refractivity contribution in [2.75, 3.05) is 6.54 Å². The highest BCUT2D eigenvalue weighted by molar-refractivity contribution is 5.92. The number of nitriles is 1. The maximum absolute atomic E-state index is 8.81. The summed E-state index contributed by atoms with van der Waals surface area (Å²) in [7, 11) is 0. The van der Waals surface area contributed by atoms with Crippen molar-refractivity contribution in [1.82, 2.24) is 19.7 Å². The van der Waals surface area contributed by atoms with Gasteiger partial charge in [-0.1, -0.05) is 0 Å². The van der Waals surface area contributed by atoms with Gasteiger partial charge in [-0.15, -0.1) is 0 Å². The van der Waals surface area contributed by atoms with Crippen molar-refractivity contribution >= 4 is 11.0 Å². The van der Waals surface area contributed by atoms with Gasteiger partial charge in [-0.2, -0.15) is 10.4 Å². The van der Waals surface area contributed by atoms with E-state index in [-0.39, 0.29) is 6.04 Å². The Balaban J connectivity index is 1.91. The molecule has 6 nitrogen and oxygen atoms in total. The fraction of sp³-hybridized carbons (Fsp3) is 0.294. The normalized spacial score (nSPS) is 11.9. The van der Waals surface area contributed by atoms with Crippen LogP contribution in [0.25, 0.3) is 27.0 Å². The molecule has 23 heavy (non-hydrogen) atoms. The summed E-state index contributed by atoms with van der Waals surface area (Å²) in [5.41, 5.74) is 2.94. The van der Waals surface area contributed by atoms with Crippen molar-refractivity contribution < 1.29 is 0 Å². The monoisotopic (exact) mass is 304 g/mol. The molecule has 3 aromatic heterocycles. The average molecular weight is 304 g/mol. The summed E-state index contributed by atoms with van der Waals surface area (Å²) < 4.78 is 1.89. The van der Waals surface area contributed by atoms with Gasteiger partial charge in [-0.05, 0) is 24.1 Å². The van der Waals surface area contributed by atoms with Crippen molar-refractivity contribution in [3.05, 3.63) is 48.3 Å². The van der Waals surface area contributed by atoms with E-state index in [1.807, 2.05) is 35.4 Å². The summed E-state index contributed by atoms with van der Waals surface area (Å²) in [5.74, 6) is 0. The van der Waals surface area contributed by atoms with Crippen LogP contribution < -0.4 is 0 Å². The van der Waals surface area contributed by atoms with Crippen LogP contribution in [0, 0.1) is 17.9 Å². The number of pyridine rings is 1. The molecule has 0 fully saturated rings. The van der Waals surface area contributed by atoms with Crippen molar-refractivity contribution in [3.63, 3.8) is 0 Å². The Hall–Kier alpha value is -3.12. The van der Waals surface area contributed by atoms with Gasteiger partial charge in [0.05, 0.1) is 18.3 Å². The highest BCUT2D eigenvalue weighted by atomic mass is 15.3. The molecule has 0 aliphatic carbocycles. The number of aromatic nitrogens is 4. The maximum Gasteiger partial charge on any atom is 0.216 e. The Bertz CT molecular complexity index is 858. The van der Waals surface area contributed by atoms with E-state index in [1.165, 1.54) is 0 Å². The Morgan fingerprint density at radius 3 is 3.13 bits per heavy atom. The molecule has 0 amide bonds. The molecule has 0 spiro atoms. The first-order valence-electron chi connectivity index (χ1n) is 7.50. The SMILES string of the molecule is [C-]#[N+]CCC(CCC#N)n1cc(-c2ccnc3[nH]ccc23)cn1. The molecule has 3 rings (SSSR count). The van der Waals surface area contributed by atoms with E-state index in [0.29, 0.717) is 25.8 Å². The van der Waals surface area contributed by atoms with Crippen LogP contribution in [0.5, 0.6) is 0 Å². The lowest BCUT2D eigenvalue weighted by molar-refractivity contribution is 0.414. The second kappa shape index (κ2) is 6.76. The molecule has 6 heteroatoms. The lowest BCUT2D eigenvalue weighted by Gasteiger charge is -2.13. The lowest BCUT2D eigenvalue weighted by Crippen LogP contribution is -2.10. The minimum absolute atomic E-state index is 0.0843. The number of hydrogen-bond donors (Lipinski definition) is 1. The van der Waals surface area contributed by atoms with E-state index < -0.39 is 0 Å². The predicted octanol–water partition coefficient (Wildman–Crippen LogP) is 3.58. The predicted molar refractivity (Wildman–Crippen MR) is 87.3 cm³/mol. The molecule has 0 bridgehead atoms. The van der Waals surface area contributed by atoms with Crippen LogP contribution in [0.4, 0.5) is 0 Å². The number of nitrogens with zero attached hydrogens (tertiary/aromatic N) is 5. The molecule has 1 unspecified atom stereocenters. The van der Waals surface area contributed by atoms with Gasteiger partial charge in [-0.3, -0.25) is 4.68 Å². The van der Waals surface area contributed by atoms with E-state index in [1.54, 1.807) is 6.20 Å². The molecular weight excluding hydrogens is 288 g/mol. The van der Waals surface area contributed by atoms with Crippen molar-refractivity contribution in [1.29, 1.82) is 5.26 Å². The molecular formula is C17H16N6. The molecule has 0 aliphatic heterocycles. The minimum Gasteiger partial charge on any atom is -0.346 e. The maximum atomic E-state index is 8.81. The lowest BCUT2D eigenvalue weighted by atomic mass is 10.1. The third-order valence-corrected chi connectivity index (χ3v) is 3.91. The van der Waals surface area contributed by atoms with Crippen LogP contribution in [0.1, 0.15) is 25.3 Å². The zero-order valence-corrected chi connectivity index (χ0v) is 12.6. The van der Waals surface area contributed by atoms with Gasteiger partial charge in [0, 0.05) is 42.4 Å². The highest BCUT2D eigenvalue weighted by Crippen LogP contribution is 2.28. The molecule has 0 radical (unpaired) electrons. The van der Waals surface area contributed by atoms with Gasteiger partial charge >= 0.3 is 0 Å². The summed E-state index contributed by atoms with van der Waals surface area (Å²) in [6, 6.07) is 6.23. The van der Waals surface area contributed by atoms with E-state index >= 15 is 0 Å². The van der Waals surface area contributed by atoms with E-state index in [4.69, 9.17) is 11.8 Å². The molecule has 0 aliphatic rings. The second-order valence-corrected chi connectivity index (χ2v) is 5.33. The largest absolute Gasteiger partial charge is 0.346 e. The molecule has 3 heterocycles. The number of H-pyrrole nitrogens is 1. The molecule has 0 aromatic carbocycles. The van der Waals surface area contributed by atoms with Crippen LogP contribution in [0.15, 0.2) is 36.9 Å². The van der Waals surface area contributed by atoms with Crippen LogP contribution in [0.3, 0.4) is 0 Å². The molecule has 3 aromatic rings. The van der Waals surface area contributed by atoms with E-state index in [9.17, 15) is 0 Å². The smallest absolute Gasteiger partial charge is 0.216 e. The summed E-state index contributed by atoms with van der Waals surface area (Å²) in [4.78, 5) is 10.8. The second-order valence-electron chi connectivity index (χ2n) is 5.33. The van der Waals surface area contributed by atoms with Crippen molar-refractivity contribution in [3.8, 4) is 17.2 Å². The summed E-state index contributed by atoms with van der Waals surface area (Å²) in [5, 5.41) is 14.3. The number of fused-ring (bicyclic) bond motifs is 1. The number of hydrogen-bond acceptors (Lipinski definition) is 3. The van der Waals surface area contributed by atoms with E-state index in [2.05, 4.69) is 26.0 Å². The van der Waals surface area contributed by atoms with Gasteiger partial charge in [0.15, 0.2) is 0 Å². The van der Waals surface area contributed by atoms with Crippen LogP contribution in [0.2, 0.25) is 0 Å². The van der Waals surface area contributed by atoms with Gasteiger partial charge < -0.3 is 9.83 Å². The van der Waals surface area contributed by atoms with Gasteiger partial charge in [0.25, 0.3) is 0 Å². The quantitative estimate of drug-likeness (QED) is 0.707. The zero-order valence-electron chi connectivity index (χ0n) is 12.6. The molecule has 1 atom stereocenters. The number of aromatic amines is 1. The summed E-state index contributed by atoms with van der Waals surface area (Å²) in [6.45, 7) is 7.41. The zero-order chi connectivity index (χ0) is 16.1. The third-order valence-electron chi connectivity index (χ3n) is 3.91. The Morgan fingerprint density at radius 2 is 2.30 bits per heavy atom. The topological polar surface area (TPSA) is 74.7 Å². The Kier molecular flexibility index (Phi) is 4.35. The fourth-order valence-corrected chi connectivity index (χ4v) is 2.74. The van der Waals surface area contributed by atoms with Crippen LogP contribution in [-0.2, 0) is 0 Å². The molecule has 1 N–H and O–H groups in total. The van der Waals surface area contributed by atoms with Crippen molar-refractivity contribution in [2.45, 2.75) is 25.3 Å².